The van der Waals surface area contributed by atoms with Crippen LogP contribution in [0.4, 0.5) is 0 Å². The highest BCUT2D eigenvalue weighted by Gasteiger charge is 2.03. The Bertz CT molecular complexity index is 366. The van der Waals surface area contributed by atoms with Crippen LogP contribution >= 0.6 is 24.4 Å². The molecule has 0 saturated heterocycles. The van der Waals surface area contributed by atoms with Crippen molar-refractivity contribution in [2.24, 2.45) is 0 Å². The molecular formula is C12H15NOS2. The van der Waals surface area contributed by atoms with Crippen LogP contribution in [0.25, 0.3) is 0 Å². The van der Waals surface area contributed by atoms with Crippen LogP contribution in [0.1, 0.15) is 10.4 Å². The SMILES string of the molecule is C=CCSCCNC(=O)c1cccc(S)c1. The molecule has 0 unspecified atom stereocenters. The summed E-state index contributed by atoms with van der Waals surface area (Å²) in [6, 6.07) is 7.21. The molecule has 16 heavy (non-hydrogen) atoms. The molecule has 1 rings (SSSR count). The Kier molecular flexibility index (Phi) is 6.11. The molecule has 0 aromatic heterocycles. The first kappa shape index (κ1) is 13.2. The largest absolute Gasteiger partial charge is 0.351 e. The van der Waals surface area contributed by atoms with E-state index >= 15 is 0 Å². The van der Waals surface area contributed by atoms with Crippen molar-refractivity contribution in [2.45, 2.75) is 4.90 Å². The van der Waals surface area contributed by atoms with Crippen molar-refractivity contribution in [2.75, 3.05) is 18.1 Å². The van der Waals surface area contributed by atoms with Crippen LogP contribution < -0.4 is 5.32 Å². The lowest BCUT2D eigenvalue weighted by atomic mass is 10.2. The second-order valence-electron chi connectivity index (χ2n) is 3.17. The third-order valence-corrected chi connectivity index (χ3v) is 3.12. The standard InChI is InChI=1S/C12H15NOS2/c1-2-7-16-8-6-13-12(14)10-4-3-5-11(15)9-10/h2-5,9,15H,1,6-8H2,(H,13,14). The predicted molar refractivity (Wildman–Crippen MR) is 73.5 cm³/mol. The lowest BCUT2D eigenvalue weighted by Crippen LogP contribution is -2.25. The summed E-state index contributed by atoms with van der Waals surface area (Å²) in [7, 11) is 0. The molecule has 0 radical (unpaired) electrons. The number of rotatable bonds is 6. The third-order valence-electron chi connectivity index (χ3n) is 1.88. The highest BCUT2D eigenvalue weighted by molar-refractivity contribution is 7.99. The van der Waals surface area contributed by atoms with Gasteiger partial charge in [0.15, 0.2) is 0 Å². The number of hydrogen-bond acceptors (Lipinski definition) is 3. The smallest absolute Gasteiger partial charge is 0.251 e. The van der Waals surface area contributed by atoms with Crippen LogP contribution in [0.5, 0.6) is 0 Å². The molecule has 4 heteroatoms. The summed E-state index contributed by atoms with van der Waals surface area (Å²) in [5.74, 6) is 1.77. The maximum Gasteiger partial charge on any atom is 0.251 e. The second kappa shape index (κ2) is 7.41. The van der Waals surface area contributed by atoms with Gasteiger partial charge in [0.05, 0.1) is 0 Å². The zero-order chi connectivity index (χ0) is 11.8. The molecule has 0 saturated carbocycles. The Morgan fingerprint density at radius 3 is 3.06 bits per heavy atom. The first-order valence-electron chi connectivity index (χ1n) is 5.00. The van der Waals surface area contributed by atoms with Crippen molar-refractivity contribution < 1.29 is 4.79 Å². The molecule has 0 atom stereocenters. The van der Waals surface area contributed by atoms with Crippen molar-refractivity contribution in [3.05, 3.63) is 42.5 Å². The summed E-state index contributed by atoms with van der Waals surface area (Å²) < 4.78 is 0. The summed E-state index contributed by atoms with van der Waals surface area (Å²) in [5.41, 5.74) is 0.654. The molecule has 2 nitrogen and oxygen atoms in total. The number of benzene rings is 1. The Labute approximate surface area is 106 Å². The highest BCUT2D eigenvalue weighted by Crippen LogP contribution is 2.08. The number of nitrogens with one attached hydrogen (secondary N) is 1. The van der Waals surface area contributed by atoms with E-state index < -0.39 is 0 Å². The highest BCUT2D eigenvalue weighted by atomic mass is 32.2. The molecule has 0 aliphatic heterocycles. The molecule has 0 heterocycles. The molecule has 0 bridgehead atoms. The van der Waals surface area contributed by atoms with Gasteiger partial charge in [-0.2, -0.15) is 11.8 Å². The normalized spacial score (nSPS) is 9.81. The van der Waals surface area contributed by atoms with Gasteiger partial charge in [0.1, 0.15) is 0 Å². The number of amides is 1. The number of carbonyl (C=O) groups excluding carboxylic acids is 1. The quantitative estimate of drug-likeness (QED) is 0.463. The minimum atomic E-state index is -0.0462. The van der Waals surface area contributed by atoms with Crippen LogP contribution in [0, 0.1) is 0 Å². The first-order valence-corrected chi connectivity index (χ1v) is 6.60. The monoisotopic (exact) mass is 253 g/mol. The number of thioether (sulfide) groups is 1. The maximum absolute atomic E-state index is 11.7. The zero-order valence-corrected chi connectivity index (χ0v) is 10.7. The summed E-state index contributed by atoms with van der Waals surface area (Å²) >= 11 is 5.94. The van der Waals surface area contributed by atoms with Gasteiger partial charge in [0.2, 0.25) is 0 Å². The Morgan fingerprint density at radius 2 is 2.38 bits per heavy atom. The van der Waals surface area contributed by atoms with Crippen molar-refractivity contribution in [3.63, 3.8) is 0 Å². The van der Waals surface area contributed by atoms with E-state index in [1.807, 2.05) is 18.2 Å². The van der Waals surface area contributed by atoms with Crippen LogP contribution in [-0.4, -0.2) is 24.0 Å². The van der Waals surface area contributed by atoms with Gasteiger partial charge in [0.25, 0.3) is 5.91 Å². The lowest BCUT2D eigenvalue weighted by Gasteiger charge is -2.04. The van der Waals surface area contributed by atoms with E-state index in [0.717, 1.165) is 16.4 Å². The molecule has 0 aliphatic carbocycles. The van der Waals surface area contributed by atoms with Crippen LogP contribution in [0.3, 0.4) is 0 Å². The summed E-state index contributed by atoms with van der Waals surface area (Å²) in [4.78, 5) is 12.5. The Morgan fingerprint density at radius 1 is 1.56 bits per heavy atom. The van der Waals surface area contributed by atoms with Gasteiger partial charge in [-0.25, -0.2) is 0 Å². The van der Waals surface area contributed by atoms with E-state index in [1.54, 1.807) is 23.9 Å². The van der Waals surface area contributed by atoms with Crippen LogP contribution in [0.15, 0.2) is 41.8 Å². The van der Waals surface area contributed by atoms with E-state index in [9.17, 15) is 4.79 Å². The van der Waals surface area contributed by atoms with Crippen molar-refractivity contribution in [1.82, 2.24) is 5.32 Å². The van der Waals surface area contributed by atoms with E-state index in [0.29, 0.717) is 12.1 Å². The van der Waals surface area contributed by atoms with Gasteiger partial charge in [-0.05, 0) is 18.2 Å². The fourth-order valence-electron chi connectivity index (χ4n) is 1.15. The van der Waals surface area contributed by atoms with Crippen molar-refractivity contribution in [3.8, 4) is 0 Å². The molecule has 0 spiro atoms. The van der Waals surface area contributed by atoms with Gasteiger partial charge < -0.3 is 5.32 Å². The zero-order valence-electron chi connectivity index (χ0n) is 8.98. The van der Waals surface area contributed by atoms with Gasteiger partial charge in [-0.1, -0.05) is 12.1 Å². The van der Waals surface area contributed by atoms with Crippen LogP contribution in [-0.2, 0) is 0 Å². The summed E-state index contributed by atoms with van der Waals surface area (Å²) in [6.07, 6.45) is 1.86. The fourth-order valence-corrected chi connectivity index (χ4v) is 1.96. The summed E-state index contributed by atoms with van der Waals surface area (Å²) in [5, 5.41) is 2.86. The minimum Gasteiger partial charge on any atom is -0.351 e. The van der Waals surface area contributed by atoms with E-state index in [-0.39, 0.29) is 5.91 Å². The van der Waals surface area contributed by atoms with Crippen molar-refractivity contribution >= 4 is 30.3 Å². The number of carbonyl (C=O) groups is 1. The average Bonchev–Trinajstić information content (AvgIpc) is 2.28. The molecule has 1 amide bonds. The van der Waals surface area contributed by atoms with Gasteiger partial charge in [-0.3, -0.25) is 4.79 Å². The van der Waals surface area contributed by atoms with Gasteiger partial charge in [-0.15, -0.1) is 19.2 Å². The van der Waals surface area contributed by atoms with E-state index in [2.05, 4.69) is 24.5 Å². The fraction of sp³-hybridized carbons (Fsp3) is 0.250. The number of thiol groups is 1. The Hall–Kier alpha value is -0.870. The first-order chi connectivity index (χ1) is 7.74. The topological polar surface area (TPSA) is 29.1 Å². The second-order valence-corrected chi connectivity index (χ2v) is 4.84. The molecule has 0 aliphatic rings. The van der Waals surface area contributed by atoms with E-state index in [1.165, 1.54) is 0 Å². The predicted octanol–water partition coefficient (Wildman–Crippen LogP) is 2.62. The molecule has 1 aromatic rings. The third kappa shape index (κ3) is 4.77. The van der Waals surface area contributed by atoms with Crippen LogP contribution in [0.2, 0.25) is 0 Å². The van der Waals surface area contributed by atoms with Gasteiger partial charge in [0, 0.05) is 28.5 Å². The maximum atomic E-state index is 11.7. The molecule has 1 N–H and O–H groups in total. The minimum absolute atomic E-state index is 0.0462. The average molecular weight is 253 g/mol. The molecule has 1 aromatic carbocycles. The molecule has 86 valence electrons. The molecule has 0 fully saturated rings. The summed E-state index contributed by atoms with van der Waals surface area (Å²) in [6.45, 7) is 4.31. The van der Waals surface area contributed by atoms with E-state index in [4.69, 9.17) is 0 Å². The Balaban J connectivity index is 2.32. The molecular weight excluding hydrogens is 238 g/mol. The number of hydrogen-bond donors (Lipinski definition) is 2. The van der Waals surface area contributed by atoms with Crippen molar-refractivity contribution in [1.29, 1.82) is 0 Å². The lowest BCUT2D eigenvalue weighted by molar-refractivity contribution is 0.0956. The van der Waals surface area contributed by atoms with Gasteiger partial charge >= 0.3 is 0 Å².